The van der Waals surface area contributed by atoms with E-state index in [0.29, 0.717) is 5.91 Å². The number of nitrogens with one attached hydrogen (secondary N) is 1. The van der Waals surface area contributed by atoms with Gasteiger partial charge in [0.15, 0.2) is 0 Å². The molecule has 2 aliphatic carbocycles. The first kappa shape index (κ1) is 11.5. The Bertz CT molecular complexity index is 531. The molecule has 0 radical (unpaired) electrons. The summed E-state index contributed by atoms with van der Waals surface area (Å²) in [7, 11) is 0. The highest BCUT2D eigenvalue weighted by Crippen LogP contribution is 2.47. The van der Waals surface area contributed by atoms with Gasteiger partial charge in [-0.1, -0.05) is 24.3 Å². The van der Waals surface area contributed by atoms with Crippen LogP contribution in [0, 0.1) is 12.8 Å². The van der Waals surface area contributed by atoms with Gasteiger partial charge in [-0.2, -0.15) is 0 Å². The second-order valence-corrected chi connectivity index (χ2v) is 6.39. The first-order valence-electron chi connectivity index (χ1n) is 7.34. The molecule has 1 spiro atoms. The van der Waals surface area contributed by atoms with Gasteiger partial charge in [0, 0.05) is 6.54 Å². The van der Waals surface area contributed by atoms with Crippen molar-refractivity contribution in [3.63, 3.8) is 0 Å². The third-order valence-corrected chi connectivity index (χ3v) is 4.78. The Balaban J connectivity index is 1.68. The molecule has 0 bridgehead atoms. The first-order chi connectivity index (χ1) is 9.20. The van der Waals surface area contributed by atoms with Crippen LogP contribution in [0.1, 0.15) is 43.0 Å². The molecule has 3 aliphatic rings. The van der Waals surface area contributed by atoms with E-state index in [9.17, 15) is 4.79 Å². The van der Waals surface area contributed by atoms with Crippen molar-refractivity contribution in [2.24, 2.45) is 5.92 Å². The maximum atomic E-state index is 12.6. The van der Waals surface area contributed by atoms with Crippen LogP contribution >= 0.6 is 0 Å². The minimum absolute atomic E-state index is 0.0943. The van der Waals surface area contributed by atoms with Gasteiger partial charge in [0.2, 0.25) is 5.91 Å². The second-order valence-electron chi connectivity index (χ2n) is 6.39. The molecule has 3 fully saturated rings. The molecule has 1 N–H and O–H groups in total. The molecule has 0 aromatic heterocycles. The largest absolute Gasteiger partial charge is 0.321 e. The number of benzene rings is 1. The topological polar surface area (TPSA) is 32.3 Å². The van der Waals surface area contributed by atoms with Gasteiger partial charge in [-0.05, 0) is 49.7 Å². The van der Waals surface area contributed by atoms with Crippen molar-refractivity contribution in [1.29, 1.82) is 0 Å². The van der Waals surface area contributed by atoms with Gasteiger partial charge in [-0.3, -0.25) is 10.1 Å². The maximum Gasteiger partial charge on any atom is 0.244 e. The fourth-order valence-corrected chi connectivity index (χ4v) is 3.18. The lowest BCUT2D eigenvalue weighted by Crippen LogP contribution is -2.33. The molecular weight excluding hydrogens is 236 g/mol. The van der Waals surface area contributed by atoms with E-state index in [1.165, 1.54) is 24.0 Å². The molecule has 1 aromatic rings. The van der Waals surface area contributed by atoms with E-state index in [1.807, 2.05) is 0 Å². The third kappa shape index (κ3) is 1.79. The zero-order chi connectivity index (χ0) is 13.0. The SMILES string of the molecule is Cc1ccccc1C1NC2(CC2)C(=O)N1CC1CC1. The lowest BCUT2D eigenvalue weighted by molar-refractivity contribution is -0.131. The highest BCUT2D eigenvalue weighted by atomic mass is 16.2. The summed E-state index contributed by atoms with van der Waals surface area (Å²) in [5.74, 6) is 1.08. The first-order valence-corrected chi connectivity index (χ1v) is 7.34. The lowest BCUT2D eigenvalue weighted by atomic mass is 10.1. The Labute approximate surface area is 114 Å². The van der Waals surface area contributed by atoms with Crippen molar-refractivity contribution >= 4 is 5.91 Å². The van der Waals surface area contributed by atoms with E-state index in [1.54, 1.807) is 0 Å². The van der Waals surface area contributed by atoms with Crippen molar-refractivity contribution in [1.82, 2.24) is 10.2 Å². The van der Waals surface area contributed by atoms with Crippen LogP contribution in [-0.2, 0) is 4.79 Å². The molecular formula is C16H20N2O. The average molecular weight is 256 g/mol. The maximum absolute atomic E-state index is 12.6. The summed E-state index contributed by atoms with van der Waals surface area (Å²) in [6, 6.07) is 8.42. The van der Waals surface area contributed by atoms with Crippen LogP contribution in [0.2, 0.25) is 0 Å². The van der Waals surface area contributed by atoms with Crippen molar-refractivity contribution in [2.45, 2.75) is 44.3 Å². The van der Waals surface area contributed by atoms with Gasteiger partial charge in [0.25, 0.3) is 0 Å². The lowest BCUT2D eigenvalue weighted by Gasteiger charge is -2.25. The Morgan fingerprint density at radius 3 is 2.68 bits per heavy atom. The average Bonchev–Trinajstić information content (AvgIpc) is 3.29. The molecule has 1 atom stereocenters. The van der Waals surface area contributed by atoms with Crippen LogP contribution in [0.4, 0.5) is 0 Å². The predicted molar refractivity (Wildman–Crippen MR) is 73.5 cm³/mol. The molecule has 19 heavy (non-hydrogen) atoms. The fourth-order valence-electron chi connectivity index (χ4n) is 3.18. The minimum Gasteiger partial charge on any atom is -0.321 e. The van der Waals surface area contributed by atoms with E-state index in [-0.39, 0.29) is 11.7 Å². The van der Waals surface area contributed by atoms with Gasteiger partial charge >= 0.3 is 0 Å². The Morgan fingerprint density at radius 1 is 1.32 bits per heavy atom. The smallest absolute Gasteiger partial charge is 0.244 e. The van der Waals surface area contributed by atoms with Crippen LogP contribution in [0.5, 0.6) is 0 Å². The number of hydrogen-bond acceptors (Lipinski definition) is 2. The zero-order valence-corrected chi connectivity index (χ0v) is 11.4. The Morgan fingerprint density at radius 2 is 2.05 bits per heavy atom. The molecule has 1 aromatic carbocycles. The summed E-state index contributed by atoms with van der Waals surface area (Å²) < 4.78 is 0. The zero-order valence-electron chi connectivity index (χ0n) is 11.4. The number of aryl methyl sites for hydroxylation is 1. The van der Waals surface area contributed by atoms with Crippen molar-refractivity contribution in [3.8, 4) is 0 Å². The van der Waals surface area contributed by atoms with E-state index in [4.69, 9.17) is 0 Å². The highest BCUT2D eigenvalue weighted by molar-refractivity contribution is 5.92. The number of nitrogens with zero attached hydrogens (tertiary/aromatic N) is 1. The summed E-state index contributed by atoms with van der Waals surface area (Å²) in [5, 5.41) is 3.61. The van der Waals surface area contributed by atoms with E-state index in [2.05, 4.69) is 41.4 Å². The Hall–Kier alpha value is -1.35. The Kier molecular flexibility index (Phi) is 2.31. The monoisotopic (exact) mass is 256 g/mol. The van der Waals surface area contributed by atoms with Gasteiger partial charge in [0.1, 0.15) is 11.7 Å². The van der Waals surface area contributed by atoms with Crippen molar-refractivity contribution < 1.29 is 4.79 Å². The molecule has 1 aliphatic heterocycles. The van der Waals surface area contributed by atoms with Crippen LogP contribution in [0.25, 0.3) is 0 Å². The molecule has 1 heterocycles. The summed E-state index contributed by atoms with van der Waals surface area (Å²) in [6.45, 7) is 3.07. The van der Waals surface area contributed by atoms with Crippen LogP contribution < -0.4 is 5.32 Å². The fraction of sp³-hybridized carbons (Fsp3) is 0.562. The number of carbonyl (C=O) groups is 1. The molecule has 1 amide bonds. The summed E-state index contributed by atoms with van der Waals surface area (Å²) >= 11 is 0. The standard InChI is InChI=1S/C16H20N2O/c1-11-4-2-3-5-13(11)14-17-16(8-9-16)15(19)18(14)10-12-6-7-12/h2-5,12,14,17H,6-10H2,1H3. The number of rotatable bonds is 3. The van der Waals surface area contributed by atoms with Crippen molar-refractivity contribution in [2.75, 3.05) is 6.54 Å². The molecule has 4 rings (SSSR count). The molecule has 1 saturated heterocycles. The van der Waals surface area contributed by atoms with Gasteiger partial charge in [-0.15, -0.1) is 0 Å². The van der Waals surface area contributed by atoms with Gasteiger partial charge in [-0.25, -0.2) is 0 Å². The summed E-state index contributed by atoms with van der Waals surface area (Å²) in [5.41, 5.74) is 2.33. The molecule has 100 valence electrons. The quantitative estimate of drug-likeness (QED) is 0.900. The van der Waals surface area contributed by atoms with E-state index in [0.717, 1.165) is 25.3 Å². The van der Waals surface area contributed by atoms with Crippen LogP contribution in [-0.4, -0.2) is 22.9 Å². The third-order valence-electron chi connectivity index (χ3n) is 4.78. The molecule has 3 nitrogen and oxygen atoms in total. The van der Waals surface area contributed by atoms with Crippen LogP contribution in [0.15, 0.2) is 24.3 Å². The second kappa shape index (κ2) is 3.83. The number of hydrogen-bond donors (Lipinski definition) is 1. The molecule has 2 saturated carbocycles. The summed E-state index contributed by atoms with van der Waals surface area (Å²) in [4.78, 5) is 14.7. The molecule has 3 heteroatoms. The molecule has 1 unspecified atom stereocenters. The number of carbonyl (C=O) groups excluding carboxylic acids is 1. The predicted octanol–water partition coefficient (Wildman–Crippen LogP) is 2.37. The van der Waals surface area contributed by atoms with E-state index >= 15 is 0 Å². The number of amides is 1. The van der Waals surface area contributed by atoms with Crippen LogP contribution in [0.3, 0.4) is 0 Å². The highest BCUT2D eigenvalue weighted by Gasteiger charge is 2.59. The van der Waals surface area contributed by atoms with E-state index < -0.39 is 0 Å². The van der Waals surface area contributed by atoms with Gasteiger partial charge < -0.3 is 4.90 Å². The van der Waals surface area contributed by atoms with Gasteiger partial charge in [0.05, 0.1) is 0 Å². The summed E-state index contributed by atoms with van der Waals surface area (Å²) in [6.07, 6.45) is 4.69. The normalized spacial score (nSPS) is 28.2. The van der Waals surface area contributed by atoms with Crippen molar-refractivity contribution in [3.05, 3.63) is 35.4 Å². The minimum atomic E-state index is -0.207.